The minimum Gasteiger partial charge on any atom is -0.508 e. The van der Waals surface area contributed by atoms with Crippen molar-refractivity contribution in [3.8, 4) is 5.75 Å². The second-order valence-electron chi connectivity index (χ2n) is 5.25. The summed E-state index contributed by atoms with van der Waals surface area (Å²) in [4.78, 5) is 4.37. The second kappa shape index (κ2) is 7.06. The van der Waals surface area contributed by atoms with Crippen molar-refractivity contribution in [1.29, 1.82) is 0 Å². The van der Waals surface area contributed by atoms with Gasteiger partial charge in [-0.15, -0.1) is 0 Å². The van der Waals surface area contributed by atoms with Gasteiger partial charge < -0.3 is 10.4 Å². The van der Waals surface area contributed by atoms with Crippen molar-refractivity contribution < 1.29 is 5.11 Å². The first-order chi connectivity index (χ1) is 9.65. The van der Waals surface area contributed by atoms with E-state index in [1.807, 2.05) is 36.5 Å². The summed E-state index contributed by atoms with van der Waals surface area (Å²) >= 11 is 0. The van der Waals surface area contributed by atoms with Crippen LogP contribution in [0.3, 0.4) is 0 Å². The Morgan fingerprint density at radius 1 is 1.10 bits per heavy atom. The molecule has 1 heterocycles. The molecule has 0 saturated heterocycles. The Morgan fingerprint density at radius 3 is 2.50 bits per heavy atom. The molecule has 2 aromatic rings. The Hall–Kier alpha value is -1.87. The Morgan fingerprint density at radius 2 is 1.85 bits per heavy atom. The zero-order valence-electron chi connectivity index (χ0n) is 12.1. The molecule has 3 heteroatoms. The van der Waals surface area contributed by atoms with Gasteiger partial charge in [-0.25, -0.2) is 0 Å². The van der Waals surface area contributed by atoms with Crippen LogP contribution in [0.5, 0.6) is 5.75 Å². The maximum absolute atomic E-state index is 9.26. The number of phenolic OH excluding ortho intramolecular Hbond substituents is 1. The van der Waals surface area contributed by atoms with Gasteiger partial charge in [0.2, 0.25) is 0 Å². The third-order valence-electron chi connectivity index (χ3n) is 3.47. The first kappa shape index (κ1) is 14.5. The maximum Gasteiger partial charge on any atom is 0.115 e. The first-order valence-electron chi connectivity index (χ1n) is 7.10. The second-order valence-corrected chi connectivity index (χ2v) is 5.25. The summed E-state index contributed by atoms with van der Waals surface area (Å²) in [6.45, 7) is 4.33. The highest BCUT2D eigenvalue weighted by molar-refractivity contribution is 5.25. The van der Waals surface area contributed by atoms with Crippen molar-refractivity contribution in [2.75, 3.05) is 0 Å². The summed E-state index contributed by atoms with van der Waals surface area (Å²) in [6, 6.07) is 14.1. The van der Waals surface area contributed by atoms with Crippen LogP contribution in [0.15, 0.2) is 48.7 Å². The molecule has 0 aliphatic carbocycles. The van der Waals surface area contributed by atoms with E-state index in [1.165, 1.54) is 5.56 Å². The average Bonchev–Trinajstić information content (AvgIpc) is 2.47. The summed E-state index contributed by atoms with van der Waals surface area (Å²) in [5, 5.41) is 12.8. The number of aryl methyl sites for hydroxylation is 1. The Balaban J connectivity index is 1.80. The van der Waals surface area contributed by atoms with E-state index >= 15 is 0 Å². The lowest BCUT2D eigenvalue weighted by Gasteiger charge is -2.19. The van der Waals surface area contributed by atoms with Crippen LogP contribution in [0.2, 0.25) is 0 Å². The Labute approximate surface area is 120 Å². The predicted molar refractivity (Wildman–Crippen MR) is 81.7 cm³/mol. The van der Waals surface area contributed by atoms with Crippen LogP contribution in [0, 0.1) is 0 Å². The van der Waals surface area contributed by atoms with E-state index in [2.05, 4.69) is 24.1 Å². The summed E-state index contributed by atoms with van der Waals surface area (Å²) in [6.07, 6.45) is 3.89. The molecule has 0 amide bonds. The quantitative estimate of drug-likeness (QED) is 0.845. The summed E-state index contributed by atoms with van der Waals surface area (Å²) in [5.74, 6) is 0.323. The molecule has 0 saturated carbocycles. The van der Waals surface area contributed by atoms with Crippen molar-refractivity contribution in [1.82, 2.24) is 10.3 Å². The number of nitrogens with one attached hydrogen (secondary N) is 1. The monoisotopic (exact) mass is 270 g/mol. The number of aromatic hydroxyl groups is 1. The smallest absolute Gasteiger partial charge is 0.115 e. The lowest BCUT2D eigenvalue weighted by molar-refractivity contribution is 0.450. The van der Waals surface area contributed by atoms with Crippen molar-refractivity contribution in [3.63, 3.8) is 0 Å². The van der Waals surface area contributed by atoms with Crippen molar-refractivity contribution >= 4 is 0 Å². The van der Waals surface area contributed by atoms with E-state index in [4.69, 9.17) is 0 Å². The van der Waals surface area contributed by atoms with Gasteiger partial charge in [0.25, 0.3) is 0 Å². The largest absolute Gasteiger partial charge is 0.508 e. The predicted octanol–water partition coefficient (Wildman–Crippen LogP) is 3.46. The van der Waals surface area contributed by atoms with Crippen LogP contribution in [0.25, 0.3) is 0 Å². The molecule has 2 unspecified atom stereocenters. The fraction of sp³-hybridized carbons (Fsp3) is 0.353. The van der Waals surface area contributed by atoms with E-state index in [1.54, 1.807) is 12.1 Å². The molecule has 20 heavy (non-hydrogen) atoms. The van der Waals surface area contributed by atoms with Crippen molar-refractivity contribution in [2.24, 2.45) is 0 Å². The maximum atomic E-state index is 9.26. The van der Waals surface area contributed by atoms with E-state index in [9.17, 15) is 5.11 Å². The van der Waals surface area contributed by atoms with Gasteiger partial charge in [-0.05, 0) is 56.5 Å². The number of aromatic nitrogens is 1. The van der Waals surface area contributed by atoms with Gasteiger partial charge in [0.15, 0.2) is 0 Å². The van der Waals surface area contributed by atoms with Gasteiger partial charge in [0.05, 0.1) is 5.69 Å². The van der Waals surface area contributed by atoms with Gasteiger partial charge in [-0.1, -0.05) is 18.2 Å². The lowest BCUT2D eigenvalue weighted by Crippen LogP contribution is -2.29. The van der Waals surface area contributed by atoms with Crippen LogP contribution >= 0.6 is 0 Å². The highest BCUT2D eigenvalue weighted by atomic mass is 16.3. The number of hydrogen-bond acceptors (Lipinski definition) is 3. The van der Waals surface area contributed by atoms with E-state index < -0.39 is 0 Å². The van der Waals surface area contributed by atoms with Gasteiger partial charge in [0, 0.05) is 18.3 Å². The fourth-order valence-corrected chi connectivity index (χ4v) is 2.27. The molecule has 2 N–H and O–H groups in total. The number of hydrogen-bond donors (Lipinski definition) is 2. The Bertz CT molecular complexity index is 510. The van der Waals surface area contributed by atoms with Crippen molar-refractivity contribution in [2.45, 2.75) is 38.8 Å². The molecule has 0 bridgehead atoms. The molecule has 106 valence electrons. The molecule has 2 rings (SSSR count). The topological polar surface area (TPSA) is 45.1 Å². The lowest BCUT2D eigenvalue weighted by atomic mass is 10.0. The molecule has 0 radical (unpaired) electrons. The SMILES string of the molecule is CC(CCc1ccc(O)cc1)NC(C)c1ccccn1. The zero-order chi connectivity index (χ0) is 14.4. The molecule has 0 aliphatic rings. The number of rotatable bonds is 6. The number of nitrogens with zero attached hydrogens (tertiary/aromatic N) is 1. The molecule has 0 fully saturated rings. The Kier molecular flexibility index (Phi) is 5.13. The highest BCUT2D eigenvalue weighted by Crippen LogP contribution is 2.14. The summed E-state index contributed by atoms with van der Waals surface area (Å²) < 4.78 is 0. The van der Waals surface area contributed by atoms with E-state index in [-0.39, 0.29) is 6.04 Å². The summed E-state index contributed by atoms with van der Waals surface area (Å²) in [7, 11) is 0. The molecule has 1 aromatic carbocycles. The van der Waals surface area contributed by atoms with Gasteiger partial charge in [-0.3, -0.25) is 4.98 Å². The first-order valence-corrected chi connectivity index (χ1v) is 7.10. The third kappa shape index (κ3) is 4.35. The van der Waals surface area contributed by atoms with Crippen LogP contribution in [-0.2, 0) is 6.42 Å². The van der Waals surface area contributed by atoms with Crippen LogP contribution in [0.4, 0.5) is 0 Å². The molecule has 3 nitrogen and oxygen atoms in total. The molecular formula is C17H22N2O. The van der Waals surface area contributed by atoms with E-state index in [0.717, 1.165) is 18.5 Å². The molecule has 0 aliphatic heterocycles. The number of phenols is 1. The highest BCUT2D eigenvalue weighted by Gasteiger charge is 2.10. The molecule has 2 atom stereocenters. The minimum absolute atomic E-state index is 0.256. The van der Waals surface area contributed by atoms with Gasteiger partial charge in [0.1, 0.15) is 5.75 Å². The normalized spacial score (nSPS) is 13.9. The van der Waals surface area contributed by atoms with Crippen LogP contribution < -0.4 is 5.32 Å². The minimum atomic E-state index is 0.256. The number of pyridine rings is 1. The average molecular weight is 270 g/mol. The standard InChI is InChI=1S/C17H22N2O/c1-13(6-7-15-8-10-16(20)11-9-15)19-14(2)17-5-3-4-12-18-17/h3-5,8-14,19-20H,6-7H2,1-2H3. The van der Waals surface area contributed by atoms with Crippen LogP contribution in [-0.4, -0.2) is 16.1 Å². The van der Waals surface area contributed by atoms with Crippen molar-refractivity contribution in [3.05, 3.63) is 59.9 Å². The summed E-state index contributed by atoms with van der Waals surface area (Å²) in [5.41, 5.74) is 2.32. The molecule has 1 aromatic heterocycles. The zero-order valence-corrected chi connectivity index (χ0v) is 12.1. The van der Waals surface area contributed by atoms with Gasteiger partial charge >= 0.3 is 0 Å². The van der Waals surface area contributed by atoms with Gasteiger partial charge in [-0.2, -0.15) is 0 Å². The van der Waals surface area contributed by atoms with E-state index in [0.29, 0.717) is 11.8 Å². The third-order valence-corrected chi connectivity index (χ3v) is 3.47. The fourth-order valence-electron chi connectivity index (χ4n) is 2.27. The molecular weight excluding hydrogens is 248 g/mol. The molecule has 0 spiro atoms. The number of benzene rings is 1. The van der Waals surface area contributed by atoms with Crippen LogP contribution in [0.1, 0.15) is 37.6 Å².